The normalized spacial score (nSPS) is 10.2. The van der Waals surface area contributed by atoms with Crippen LogP contribution in [0.1, 0.15) is 10.4 Å². The Labute approximate surface area is 107 Å². The third-order valence-corrected chi connectivity index (χ3v) is 2.50. The lowest BCUT2D eigenvalue weighted by Crippen LogP contribution is -2.02. The van der Waals surface area contributed by atoms with Crippen LogP contribution in [0, 0.1) is 11.6 Å². The van der Waals surface area contributed by atoms with E-state index in [4.69, 9.17) is 10.8 Å². The summed E-state index contributed by atoms with van der Waals surface area (Å²) in [4.78, 5) is 10.8. The van der Waals surface area contributed by atoms with E-state index < -0.39 is 17.6 Å². The summed E-state index contributed by atoms with van der Waals surface area (Å²) < 4.78 is 26.5. The maximum absolute atomic E-state index is 13.5. The number of carboxylic acid groups (broad SMARTS) is 1. The highest BCUT2D eigenvalue weighted by Gasteiger charge is 2.09. The quantitative estimate of drug-likeness (QED) is 0.745. The van der Waals surface area contributed by atoms with E-state index in [1.54, 1.807) is 0 Å². The lowest BCUT2D eigenvalue weighted by Gasteiger charge is -2.11. The van der Waals surface area contributed by atoms with E-state index in [9.17, 15) is 13.6 Å². The molecule has 0 spiro atoms. The van der Waals surface area contributed by atoms with Crippen molar-refractivity contribution >= 4 is 23.0 Å². The van der Waals surface area contributed by atoms with Gasteiger partial charge in [0.15, 0.2) is 0 Å². The van der Waals surface area contributed by atoms with E-state index >= 15 is 0 Å². The largest absolute Gasteiger partial charge is 0.478 e. The number of hydrogen-bond donors (Lipinski definition) is 3. The molecule has 0 fully saturated rings. The summed E-state index contributed by atoms with van der Waals surface area (Å²) in [7, 11) is 0. The second-order valence-corrected chi connectivity index (χ2v) is 3.86. The molecule has 0 aliphatic heterocycles. The van der Waals surface area contributed by atoms with Crippen LogP contribution < -0.4 is 11.1 Å². The van der Waals surface area contributed by atoms with Gasteiger partial charge in [-0.2, -0.15) is 0 Å². The summed E-state index contributed by atoms with van der Waals surface area (Å²) in [5, 5.41) is 11.4. The highest BCUT2D eigenvalue weighted by molar-refractivity contribution is 5.91. The third kappa shape index (κ3) is 2.79. The molecule has 0 aromatic heterocycles. The topological polar surface area (TPSA) is 75.4 Å². The summed E-state index contributed by atoms with van der Waals surface area (Å²) in [5.74, 6) is -2.42. The molecule has 0 bridgehead atoms. The Morgan fingerprint density at radius 1 is 1.11 bits per heavy atom. The third-order valence-electron chi connectivity index (χ3n) is 2.50. The Hall–Kier alpha value is -2.63. The fourth-order valence-corrected chi connectivity index (χ4v) is 1.54. The van der Waals surface area contributed by atoms with Crippen molar-refractivity contribution in [2.24, 2.45) is 0 Å². The van der Waals surface area contributed by atoms with Crippen molar-refractivity contribution in [3.8, 4) is 0 Å². The number of rotatable bonds is 3. The number of carbonyl (C=O) groups is 1. The number of carboxylic acids is 1. The molecule has 0 unspecified atom stereocenters. The summed E-state index contributed by atoms with van der Waals surface area (Å²) >= 11 is 0. The molecule has 0 saturated heterocycles. The molecular formula is C13H10F2N2O2. The van der Waals surface area contributed by atoms with Crippen LogP contribution >= 0.6 is 0 Å². The van der Waals surface area contributed by atoms with E-state index in [-0.39, 0.29) is 22.6 Å². The second-order valence-electron chi connectivity index (χ2n) is 3.86. The minimum absolute atomic E-state index is 0.00601. The van der Waals surface area contributed by atoms with Crippen LogP contribution in [0.2, 0.25) is 0 Å². The van der Waals surface area contributed by atoms with E-state index in [2.05, 4.69) is 5.32 Å². The number of anilines is 3. The van der Waals surface area contributed by atoms with Gasteiger partial charge in [-0.25, -0.2) is 13.6 Å². The van der Waals surface area contributed by atoms with Gasteiger partial charge in [0, 0.05) is 6.07 Å². The highest BCUT2D eigenvalue weighted by atomic mass is 19.1. The highest BCUT2D eigenvalue weighted by Crippen LogP contribution is 2.26. The molecule has 2 rings (SSSR count). The van der Waals surface area contributed by atoms with E-state index in [1.165, 1.54) is 18.2 Å². The van der Waals surface area contributed by atoms with Crippen molar-refractivity contribution in [1.82, 2.24) is 0 Å². The molecule has 2 aromatic rings. The fourth-order valence-electron chi connectivity index (χ4n) is 1.54. The number of nitrogen functional groups attached to an aromatic ring is 1. The molecule has 98 valence electrons. The SMILES string of the molecule is Nc1ccc(C(=O)O)cc1Nc1cc(F)ccc1F. The van der Waals surface area contributed by atoms with E-state index in [1.807, 2.05) is 0 Å². The number of benzene rings is 2. The van der Waals surface area contributed by atoms with Gasteiger partial charge < -0.3 is 16.2 Å². The first kappa shape index (κ1) is 12.8. The zero-order valence-corrected chi connectivity index (χ0v) is 9.65. The van der Waals surface area contributed by atoms with Crippen LogP contribution in [0.15, 0.2) is 36.4 Å². The summed E-state index contributed by atoms with van der Waals surface area (Å²) in [6.45, 7) is 0. The molecule has 2 aromatic carbocycles. The molecule has 0 aliphatic rings. The minimum Gasteiger partial charge on any atom is -0.478 e. The molecular weight excluding hydrogens is 254 g/mol. The average Bonchev–Trinajstić information content (AvgIpc) is 2.36. The number of aromatic carboxylic acids is 1. The van der Waals surface area contributed by atoms with Gasteiger partial charge in [-0.15, -0.1) is 0 Å². The van der Waals surface area contributed by atoms with Crippen LogP contribution in [0.25, 0.3) is 0 Å². The van der Waals surface area contributed by atoms with Gasteiger partial charge in [0.05, 0.1) is 22.6 Å². The van der Waals surface area contributed by atoms with E-state index in [0.717, 1.165) is 18.2 Å². The van der Waals surface area contributed by atoms with Gasteiger partial charge in [-0.05, 0) is 30.3 Å². The Bertz CT molecular complexity index is 645. The van der Waals surface area contributed by atoms with Crippen LogP contribution in [-0.4, -0.2) is 11.1 Å². The predicted molar refractivity (Wildman–Crippen MR) is 67.5 cm³/mol. The maximum Gasteiger partial charge on any atom is 0.335 e. The van der Waals surface area contributed by atoms with Crippen LogP contribution in [0.3, 0.4) is 0 Å². The Morgan fingerprint density at radius 2 is 1.84 bits per heavy atom. The van der Waals surface area contributed by atoms with Gasteiger partial charge in [0.2, 0.25) is 0 Å². The minimum atomic E-state index is -1.14. The van der Waals surface area contributed by atoms with Crippen molar-refractivity contribution in [2.45, 2.75) is 0 Å². The average molecular weight is 264 g/mol. The number of nitrogens with two attached hydrogens (primary N) is 1. The van der Waals surface area contributed by atoms with Gasteiger partial charge >= 0.3 is 5.97 Å². The zero-order chi connectivity index (χ0) is 14.0. The molecule has 6 heteroatoms. The molecule has 4 nitrogen and oxygen atoms in total. The Kier molecular flexibility index (Phi) is 3.33. The van der Waals surface area contributed by atoms with Gasteiger partial charge in [0.25, 0.3) is 0 Å². The second kappa shape index (κ2) is 4.93. The molecule has 4 N–H and O–H groups in total. The molecule has 0 amide bonds. The number of hydrogen-bond acceptors (Lipinski definition) is 3. The Morgan fingerprint density at radius 3 is 2.53 bits per heavy atom. The first-order valence-corrected chi connectivity index (χ1v) is 5.32. The monoisotopic (exact) mass is 264 g/mol. The predicted octanol–water partition coefficient (Wildman–Crippen LogP) is 2.99. The summed E-state index contributed by atoms with van der Waals surface area (Å²) in [6, 6.07) is 6.87. The number of halogens is 2. The molecule has 0 aliphatic carbocycles. The standard InChI is InChI=1S/C13H10F2N2O2/c14-8-2-3-9(15)11(6-8)17-12-5-7(13(18)19)1-4-10(12)16/h1-6,17H,16H2,(H,18,19). The lowest BCUT2D eigenvalue weighted by atomic mass is 10.1. The molecule has 0 saturated carbocycles. The summed E-state index contributed by atoms with van der Waals surface area (Å²) in [5.41, 5.74) is 5.96. The lowest BCUT2D eigenvalue weighted by molar-refractivity contribution is 0.0697. The smallest absolute Gasteiger partial charge is 0.335 e. The van der Waals surface area contributed by atoms with Crippen LogP contribution in [0.5, 0.6) is 0 Å². The van der Waals surface area contributed by atoms with Crippen molar-refractivity contribution in [2.75, 3.05) is 11.1 Å². The fraction of sp³-hybridized carbons (Fsp3) is 0. The first-order chi connectivity index (χ1) is 8.97. The molecule has 19 heavy (non-hydrogen) atoms. The van der Waals surface area contributed by atoms with Gasteiger partial charge in [-0.1, -0.05) is 0 Å². The molecule has 0 radical (unpaired) electrons. The van der Waals surface area contributed by atoms with Gasteiger partial charge in [0.1, 0.15) is 11.6 Å². The van der Waals surface area contributed by atoms with Crippen LogP contribution in [0.4, 0.5) is 25.8 Å². The van der Waals surface area contributed by atoms with Gasteiger partial charge in [-0.3, -0.25) is 0 Å². The molecule has 0 heterocycles. The molecule has 0 atom stereocenters. The number of nitrogens with one attached hydrogen (secondary N) is 1. The summed E-state index contributed by atoms with van der Waals surface area (Å²) in [6.07, 6.45) is 0. The maximum atomic E-state index is 13.5. The first-order valence-electron chi connectivity index (χ1n) is 5.32. The Balaban J connectivity index is 2.40. The van der Waals surface area contributed by atoms with Crippen molar-refractivity contribution < 1.29 is 18.7 Å². The van der Waals surface area contributed by atoms with Crippen LogP contribution in [-0.2, 0) is 0 Å². The zero-order valence-electron chi connectivity index (χ0n) is 9.65. The van der Waals surface area contributed by atoms with Crippen molar-refractivity contribution in [3.05, 3.63) is 53.6 Å². The van der Waals surface area contributed by atoms with Crippen molar-refractivity contribution in [1.29, 1.82) is 0 Å². The van der Waals surface area contributed by atoms with E-state index in [0.29, 0.717) is 0 Å². The van der Waals surface area contributed by atoms with Crippen molar-refractivity contribution in [3.63, 3.8) is 0 Å².